The van der Waals surface area contributed by atoms with Crippen molar-refractivity contribution < 1.29 is 18.9 Å². The third kappa shape index (κ3) is 2.73. The molecule has 0 aliphatic rings. The van der Waals surface area contributed by atoms with Crippen LogP contribution in [0.1, 0.15) is 5.56 Å². The predicted octanol–water partition coefficient (Wildman–Crippen LogP) is -1.43. The molecule has 1 aromatic carbocycles. The molecule has 1 rings (SSSR count). The Morgan fingerprint density at radius 1 is 1.17 bits per heavy atom. The summed E-state index contributed by atoms with van der Waals surface area (Å²) in [4.78, 5) is 1.68. The molecule has 0 bridgehead atoms. The number of benzene rings is 1. The summed E-state index contributed by atoms with van der Waals surface area (Å²) in [5.74, 6) is 0.297. The van der Waals surface area contributed by atoms with Crippen LogP contribution in [0, 0.1) is 0 Å². The molecule has 58 valence electrons. The molecule has 1 aromatic rings. The second kappa shape index (κ2) is 5.03. The third-order valence-electron chi connectivity index (χ3n) is 1.46. The van der Waals surface area contributed by atoms with Crippen LogP contribution in [0.5, 0.6) is 0 Å². The van der Waals surface area contributed by atoms with Crippen molar-refractivity contribution in [3.8, 4) is 0 Å². The van der Waals surface area contributed by atoms with Crippen LogP contribution in [0.4, 0.5) is 0 Å². The van der Waals surface area contributed by atoms with Crippen molar-refractivity contribution in [2.75, 3.05) is 14.1 Å². The van der Waals surface area contributed by atoms with E-state index in [4.69, 9.17) is 0 Å². The molecule has 0 radical (unpaired) electrons. The fraction of sp³-hybridized carbons (Fsp3) is 0.222. The van der Waals surface area contributed by atoms with Crippen LogP contribution in [0.15, 0.2) is 30.3 Å². The molecule has 3 heteroatoms. The summed E-state index contributed by atoms with van der Waals surface area (Å²) in [5, 5.41) is 9.44. The summed E-state index contributed by atoms with van der Waals surface area (Å²) in [6.45, 7) is 0. The molecule has 0 aromatic heterocycles. The summed E-state index contributed by atoms with van der Waals surface area (Å²) < 4.78 is 0. The molecule has 0 fully saturated rings. The van der Waals surface area contributed by atoms with Gasteiger partial charge in [-0.1, -0.05) is 50.3 Å². The van der Waals surface area contributed by atoms with E-state index in [0.717, 1.165) is 5.56 Å². The van der Waals surface area contributed by atoms with Crippen molar-refractivity contribution in [3.05, 3.63) is 41.3 Å². The minimum absolute atomic E-state index is 0. The van der Waals surface area contributed by atoms with E-state index in [0.29, 0.717) is 5.84 Å². The van der Waals surface area contributed by atoms with Gasteiger partial charge in [-0.15, -0.1) is 0 Å². The number of hydrogen-bond acceptors (Lipinski definition) is 0. The predicted molar refractivity (Wildman–Crippen MR) is 47.6 cm³/mol. The van der Waals surface area contributed by atoms with Gasteiger partial charge in [0, 0.05) is 0 Å². The maximum Gasteiger partial charge on any atom is 1.00 e. The Hall–Kier alpha value is -0.713. The van der Waals surface area contributed by atoms with Crippen molar-refractivity contribution >= 4 is 5.84 Å². The molecular weight excluding hydrogens is 143 g/mol. The van der Waals surface area contributed by atoms with Crippen molar-refractivity contribution in [2.24, 2.45) is 0 Å². The molecule has 0 saturated carbocycles. The average Bonchev–Trinajstić information content (AvgIpc) is 2.05. The van der Waals surface area contributed by atoms with E-state index in [9.17, 15) is 5.41 Å². The van der Waals surface area contributed by atoms with Crippen molar-refractivity contribution in [1.29, 1.82) is 0 Å². The molecule has 0 atom stereocenters. The topological polar surface area (TPSA) is 25.5 Å². The Labute approximate surface area is 85.3 Å². The van der Waals surface area contributed by atoms with E-state index in [1.165, 1.54) is 0 Å². The minimum Gasteiger partial charge on any atom is -0.474 e. The Morgan fingerprint density at radius 3 is 2.08 bits per heavy atom. The fourth-order valence-electron chi connectivity index (χ4n) is 0.845. The van der Waals surface area contributed by atoms with E-state index in [2.05, 4.69) is 0 Å². The van der Waals surface area contributed by atoms with Gasteiger partial charge in [0.15, 0.2) is 0 Å². The normalized spacial score (nSPS) is 8.50. The standard InChI is InChI=1S/C9H11N2.Li/c1-11(2)9(10)8-6-4-3-5-7-8;/h3-7H,1-2H3;/q-1;+1. The first kappa shape index (κ1) is 11.3. The van der Waals surface area contributed by atoms with Gasteiger partial charge in [0.05, 0.1) is 0 Å². The summed E-state index contributed by atoms with van der Waals surface area (Å²) >= 11 is 0. The SMILES string of the molecule is CN(C)C(=[N-])c1ccccc1.[Li+]. The van der Waals surface area contributed by atoms with Crippen molar-refractivity contribution in [2.45, 2.75) is 0 Å². The smallest absolute Gasteiger partial charge is 0.474 e. The van der Waals surface area contributed by atoms with E-state index < -0.39 is 0 Å². The van der Waals surface area contributed by atoms with Crippen LogP contribution in [0.25, 0.3) is 5.41 Å². The quantitative estimate of drug-likeness (QED) is 0.276. The third-order valence-corrected chi connectivity index (χ3v) is 1.46. The van der Waals surface area contributed by atoms with E-state index in [-0.39, 0.29) is 18.9 Å². The molecule has 0 spiro atoms. The van der Waals surface area contributed by atoms with Crippen LogP contribution in [0.2, 0.25) is 0 Å². The zero-order chi connectivity index (χ0) is 8.27. The second-order valence-corrected chi connectivity index (χ2v) is 2.58. The summed E-state index contributed by atoms with van der Waals surface area (Å²) in [6, 6.07) is 9.46. The Kier molecular flexibility index (Phi) is 4.73. The summed E-state index contributed by atoms with van der Waals surface area (Å²) in [7, 11) is 3.62. The number of nitrogens with zero attached hydrogens (tertiary/aromatic N) is 2. The van der Waals surface area contributed by atoms with Crippen molar-refractivity contribution in [1.82, 2.24) is 4.90 Å². The molecular formula is C9H11LiN2. The van der Waals surface area contributed by atoms with Gasteiger partial charge >= 0.3 is 18.9 Å². The van der Waals surface area contributed by atoms with Gasteiger partial charge in [0.1, 0.15) is 0 Å². The zero-order valence-electron chi connectivity index (χ0n) is 7.78. The van der Waals surface area contributed by atoms with Crippen LogP contribution < -0.4 is 18.9 Å². The summed E-state index contributed by atoms with van der Waals surface area (Å²) in [5.41, 5.74) is 0.845. The van der Waals surface area contributed by atoms with Gasteiger partial charge in [-0.3, -0.25) is 0 Å². The van der Waals surface area contributed by atoms with Gasteiger partial charge in [-0.05, 0) is 5.56 Å². The first-order valence-electron chi connectivity index (χ1n) is 3.50. The van der Waals surface area contributed by atoms with Gasteiger partial charge in [-0.25, -0.2) is 0 Å². The largest absolute Gasteiger partial charge is 1.00 e. The average molecular weight is 154 g/mol. The van der Waals surface area contributed by atoms with Crippen LogP contribution >= 0.6 is 0 Å². The number of hydrogen-bond donors (Lipinski definition) is 0. The number of rotatable bonds is 1. The second-order valence-electron chi connectivity index (χ2n) is 2.58. The Balaban J connectivity index is 0.00000121. The summed E-state index contributed by atoms with van der Waals surface area (Å²) in [6.07, 6.45) is 0. The van der Waals surface area contributed by atoms with Crippen LogP contribution in [0.3, 0.4) is 0 Å². The monoisotopic (exact) mass is 154 g/mol. The molecule has 12 heavy (non-hydrogen) atoms. The van der Waals surface area contributed by atoms with E-state index in [1.807, 2.05) is 44.4 Å². The maximum absolute atomic E-state index is 9.44. The Bertz CT molecular complexity index is 244. The van der Waals surface area contributed by atoms with Gasteiger partial charge < -0.3 is 10.3 Å². The zero-order valence-corrected chi connectivity index (χ0v) is 7.78. The van der Waals surface area contributed by atoms with Crippen molar-refractivity contribution in [3.63, 3.8) is 0 Å². The molecule has 0 N–H and O–H groups in total. The molecule has 0 heterocycles. The molecule has 0 aliphatic carbocycles. The minimum atomic E-state index is 0. The van der Waals surface area contributed by atoms with E-state index >= 15 is 0 Å². The molecule has 2 nitrogen and oxygen atoms in total. The molecule has 0 aliphatic heterocycles. The van der Waals surface area contributed by atoms with Crippen LogP contribution in [-0.4, -0.2) is 24.8 Å². The first-order chi connectivity index (χ1) is 5.22. The fourth-order valence-corrected chi connectivity index (χ4v) is 0.845. The number of amidine groups is 1. The molecule has 0 amide bonds. The molecule has 0 saturated heterocycles. The van der Waals surface area contributed by atoms with Gasteiger partial charge in [0.2, 0.25) is 0 Å². The Morgan fingerprint density at radius 2 is 1.67 bits per heavy atom. The van der Waals surface area contributed by atoms with E-state index in [1.54, 1.807) is 4.90 Å². The van der Waals surface area contributed by atoms with Gasteiger partial charge in [0.25, 0.3) is 0 Å². The van der Waals surface area contributed by atoms with Gasteiger partial charge in [-0.2, -0.15) is 0 Å². The first-order valence-corrected chi connectivity index (χ1v) is 3.50. The molecule has 0 unspecified atom stereocenters. The van der Waals surface area contributed by atoms with Crippen LogP contribution in [-0.2, 0) is 0 Å². The maximum atomic E-state index is 9.44.